The Hall–Kier alpha value is -2.04. The minimum Gasteiger partial charge on any atom is -0.379 e. The fraction of sp³-hybridized carbons (Fsp3) is 0.862. The molecule has 7 unspecified atom stereocenters. The van der Waals surface area contributed by atoms with Gasteiger partial charge in [0, 0.05) is 33.7 Å². The van der Waals surface area contributed by atoms with Gasteiger partial charge in [-0.3, -0.25) is 24.1 Å². The van der Waals surface area contributed by atoms with E-state index in [1.807, 2.05) is 58.5 Å². The molecule has 0 bridgehead atoms. The maximum absolute atomic E-state index is 13.6. The fourth-order valence-electron chi connectivity index (χ4n) is 5.93. The number of likely N-dealkylation sites (tertiary alicyclic amines) is 1. The number of nitrogens with zero attached hydrogens (tertiary/aromatic N) is 3. The van der Waals surface area contributed by atoms with Crippen LogP contribution in [-0.2, 0) is 28.7 Å². The molecule has 39 heavy (non-hydrogen) atoms. The van der Waals surface area contributed by atoms with Gasteiger partial charge in [-0.1, -0.05) is 41.0 Å². The Morgan fingerprint density at radius 1 is 1.03 bits per heavy atom. The third-order valence-electron chi connectivity index (χ3n) is 8.40. The van der Waals surface area contributed by atoms with E-state index in [9.17, 15) is 19.2 Å². The molecule has 3 amide bonds. The normalized spacial score (nSPS) is 20.3. The summed E-state index contributed by atoms with van der Waals surface area (Å²) in [6.45, 7) is 11.9. The first-order valence-corrected chi connectivity index (χ1v) is 14.3. The van der Waals surface area contributed by atoms with Crippen molar-refractivity contribution in [3.8, 4) is 0 Å². The van der Waals surface area contributed by atoms with Crippen LogP contribution >= 0.6 is 0 Å². The number of likely N-dealkylation sites (N-methyl/N-ethyl adjacent to an activating group) is 2. The van der Waals surface area contributed by atoms with E-state index in [0.717, 1.165) is 19.3 Å². The lowest BCUT2D eigenvalue weighted by Crippen LogP contribution is -2.55. The van der Waals surface area contributed by atoms with E-state index in [4.69, 9.17) is 9.47 Å². The van der Waals surface area contributed by atoms with Gasteiger partial charge in [-0.05, 0) is 45.7 Å². The highest BCUT2D eigenvalue weighted by Crippen LogP contribution is 2.29. The van der Waals surface area contributed by atoms with Crippen LogP contribution in [0.3, 0.4) is 0 Å². The Kier molecular flexibility index (Phi) is 14.6. The number of nitrogens with one attached hydrogen (secondary N) is 1. The zero-order valence-corrected chi connectivity index (χ0v) is 26.2. The molecule has 1 aliphatic heterocycles. The Morgan fingerprint density at radius 3 is 2.10 bits per heavy atom. The number of hydrogen-bond acceptors (Lipinski definition) is 7. The van der Waals surface area contributed by atoms with Crippen LogP contribution in [0.15, 0.2) is 0 Å². The molecule has 0 spiro atoms. The molecule has 1 rings (SSSR count). The first kappa shape index (κ1) is 35.0. The zero-order valence-electron chi connectivity index (χ0n) is 26.2. The molecule has 7 atom stereocenters. The molecule has 10 heteroatoms. The zero-order chi connectivity index (χ0) is 30.0. The second-order valence-electron chi connectivity index (χ2n) is 11.6. The van der Waals surface area contributed by atoms with E-state index in [1.165, 1.54) is 0 Å². The second kappa shape index (κ2) is 16.3. The second-order valence-corrected chi connectivity index (χ2v) is 11.6. The van der Waals surface area contributed by atoms with E-state index < -0.39 is 6.10 Å². The lowest BCUT2D eigenvalue weighted by Gasteiger charge is -2.39. The molecular formula is C29H54N4O6. The summed E-state index contributed by atoms with van der Waals surface area (Å²) in [6.07, 6.45) is 1.60. The summed E-state index contributed by atoms with van der Waals surface area (Å²) in [7, 11) is 8.55. The maximum atomic E-state index is 13.6. The first-order chi connectivity index (χ1) is 18.2. The number of hydrogen-bond donors (Lipinski definition) is 1. The maximum Gasteiger partial charge on any atom is 0.242 e. The molecule has 10 nitrogen and oxygen atoms in total. The minimum absolute atomic E-state index is 0.0327. The van der Waals surface area contributed by atoms with Gasteiger partial charge in [0.2, 0.25) is 17.7 Å². The minimum atomic E-state index is -0.533. The van der Waals surface area contributed by atoms with Gasteiger partial charge in [0.1, 0.15) is 5.78 Å². The summed E-state index contributed by atoms with van der Waals surface area (Å²) in [5.74, 6) is -0.644. The van der Waals surface area contributed by atoms with Crippen LogP contribution in [0.4, 0.5) is 0 Å². The molecule has 0 aromatic carbocycles. The third kappa shape index (κ3) is 9.25. The first-order valence-electron chi connectivity index (χ1n) is 14.3. The van der Waals surface area contributed by atoms with Crippen LogP contribution in [-0.4, -0.2) is 117 Å². The highest BCUT2D eigenvalue weighted by Gasteiger charge is 2.41. The number of carbonyl (C=O) groups excluding carboxylic acids is 4. The average molecular weight is 555 g/mol. The van der Waals surface area contributed by atoms with Crippen molar-refractivity contribution < 1.29 is 28.7 Å². The largest absolute Gasteiger partial charge is 0.379 e. The Morgan fingerprint density at radius 2 is 1.64 bits per heavy atom. The molecule has 0 aromatic heterocycles. The molecular weight excluding hydrogens is 500 g/mol. The van der Waals surface area contributed by atoms with Gasteiger partial charge in [-0.2, -0.15) is 0 Å². The van der Waals surface area contributed by atoms with Gasteiger partial charge < -0.3 is 24.6 Å². The van der Waals surface area contributed by atoms with Crippen molar-refractivity contribution in [3.05, 3.63) is 0 Å². The van der Waals surface area contributed by atoms with Crippen LogP contribution < -0.4 is 5.32 Å². The molecule has 1 aliphatic rings. The van der Waals surface area contributed by atoms with Crippen LogP contribution in [0.2, 0.25) is 0 Å². The smallest absolute Gasteiger partial charge is 0.242 e. The van der Waals surface area contributed by atoms with Crippen molar-refractivity contribution in [1.29, 1.82) is 0 Å². The highest BCUT2D eigenvalue weighted by molar-refractivity contribution is 5.87. The van der Waals surface area contributed by atoms with Crippen molar-refractivity contribution in [2.75, 3.05) is 48.5 Å². The monoisotopic (exact) mass is 554 g/mol. The molecule has 1 fully saturated rings. The number of Topliss-reactive ketones (excluding diaryl/α,β-unsaturated/α-hetero) is 1. The summed E-state index contributed by atoms with van der Waals surface area (Å²) >= 11 is 0. The van der Waals surface area contributed by atoms with Crippen molar-refractivity contribution in [2.24, 2.45) is 17.8 Å². The molecule has 1 heterocycles. The number of amides is 3. The highest BCUT2D eigenvalue weighted by atomic mass is 16.5. The van der Waals surface area contributed by atoms with Crippen molar-refractivity contribution in [2.45, 2.75) is 97.6 Å². The van der Waals surface area contributed by atoms with E-state index in [-0.39, 0.29) is 78.5 Å². The van der Waals surface area contributed by atoms with Gasteiger partial charge >= 0.3 is 0 Å². The Labute approximate surface area is 236 Å². The summed E-state index contributed by atoms with van der Waals surface area (Å²) in [5.41, 5.74) is 0. The number of rotatable bonds is 16. The van der Waals surface area contributed by atoms with E-state index in [2.05, 4.69) is 5.32 Å². The summed E-state index contributed by atoms with van der Waals surface area (Å²) in [6, 6.07) is -0.882. The lowest BCUT2D eigenvalue weighted by molar-refractivity contribution is -0.145. The summed E-state index contributed by atoms with van der Waals surface area (Å²) < 4.78 is 11.5. The number of ketones is 1. The van der Waals surface area contributed by atoms with Crippen LogP contribution in [0.5, 0.6) is 0 Å². The third-order valence-corrected chi connectivity index (χ3v) is 8.40. The van der Waals surface area contributed by atoms with Crippen molar-refractivity contribution in [3.63, 3.8) is 0 Å². The van der Waals surface area contributed by atoms with Gasteiger partial charge in [0.15, 0.2) is 0 Å². The summed E-state index contributed by atoms with van der Waals surface area (Å²) in [5, 5.41) is 2.80. The predicted molar refractivity (Wildman–Crippen MR) is 152 cm³/mol. The van der Waals surface area contributed by atoms with Crippen LogP contribution in [0, 0.1) is 17.8 Å². The lowest BCUT2D eigenvalue weighted by atomic mass is 9.90. The number of carbonyl (C=O) groups is 4. The molecule has 1 saturated heterocycles. The van der Waals surface area contributed by atoms with Gasteiger partial charge in [-0.25, -0.2) is 0 Å². The average Bonchev–Trinajstić information content (AvgIpc) is 3.35. The van der Waals surface area contributed by atoms with E-state index in [0.29, 0.717) is 6.54 Å². The molecule has 0 aliphatic carbocycles. The molecule has 0 saturated carbocycles. The van der Waals surface area contributed by atoms with Crippen LogP contribution in [0.25, 0.3) is 0 Å². The number of methoxy groups -OCH3 is 2. The molecule has 226 valence electrons. The SMILES string of the molecule is CCC(C)C(C(CC(=O)N1CCCC1C(OC)C(C)C(C)=O)OC)N(C)C(=O)CNC(=O)C(C(C)C)N(C)C. The molecule has 0 aromatic rings. The number of ether oxygens (including phenoxy) is 2. The van der Waals surface area contributed by atoms with Crippen LogP contribution in [0.1, 0.15) is 67.2 Å². The Balaban J connectivity index is 3.04. The predicted octanol–water partition coefficient (Wildman–Crippen LogP) is 2.20. The van der Waals surface area contributed by atoms with Gasteiger partial charge in [-0.15, -0.1) is 0 Å². The van der Waals surface area contributed by atoms with E-state index >= 15 is 0 Å². The quantitative estimate of drug-likeness (QED) is 0.312. The Bertz CT molecular complexity index is 812. The standard InChI is InChI=1S/C29H54N4O6/c1-12-19(4)27(32(9)25(36)17-30-29(37)26(18(2)3)31(7)8)23(38-10)16-24(35)33-15-13-14-22(33)28(39-11)20(5)21(6)34/h18-20,22-23,26-28H,12-17H2,1-11H3,(H,30,37). The van der Waals surface area contributed by atoms with Crippen molar-refractivity contribution >= 4 is 23.5 Å². The van der Waals surface area contributed by atoms with E-state index in [1.54, 1.807) is 33.1 Å². The molecule has 1 N–H and O–H groups in total. The molecule has 0 radical (unpaired) electrons. The van der Waals surface area contributed by atoms with Gasteiger partial charge in [0.05, 0.1) is 43.3 Å². The fourth-order valence-corrected chi connectivity index (χ4v) is 5.93. The van der Waals surface area contributed by atoms with Crippen molar-refractivity contribution in [1.82, 2.24) is 20.0 Å². The topological polar surface area (TPSA) is 108 Å². The summed E-state index contributed by atoms with van der Waals surface area (Å²) in [4.78, 5) is 57.0. The van der Waals surface area contributed by atoms with Gasteiger partial charge in [0.25, 0.3) is 0 Å².